The number of carbonyl (C=O) groups excluding carboxylic acids is 2. The molecule has 0 spiro atoms. The number of thioether (sulfide) groups is 1. The molecule has 3 rings (SSSR count). The molecular formula is C19H33N3O2S. The minimum atomic E-state index is 0.244. The van der Waals surface area contributed by atoms with E-state index in [2.05, 4.69) is 29.4 Å². The maximum absolute atomic E-state index is 12.4. The summed E-state index contributed by atoms with van der Waals surface area (Å²) in [7, 11) is 0. The van der Waals surface area contributed by atoms with Gasteiger partial charge in [-0.1, -0.05) is 13.8 Å². The number of amides is 2. The normalized spacial score (nSPS) is 29.9. The second-order valence-electron chi connectivity index (χ2n) is 8.31. The van der Waals surface area contributed by atoms with Gasteiger partial charge in [0.15, 0.2) is 0 Å². The van der Waals surface area contributed by atoms with E-state index in [9.17, 15) is 9.59 Å². The minimum Gasteiger partial charge on any atom is -0.356 e. The van der Waals surface area contributed by atoms with Gasteiger partial charge in [0.2, 0.25) is 11.8 Å². The standard InChI is InChI=1S/C19H33N3O2S/c1-13(2)10-17(23)22-9-3-4-15(11-22)19-21-16(12-25-19)7-8-20-18(24)14-5-6-14/h13-16,19,21H,3-12H2,1-2H3,(H,20,24). The van der Waals surface area contributed by atoms with E-state index in [1.807, 2.05) is 11.8 Å². The molecule has 2 amide bonds. The van der Waals surface area contributed by atoms with E-state index in [0.29, 0.717) is 41.5 Å². The summed E-state index contributed by atoms with van der Waals surface area (Å²) in [5, 5.41) is 7.28. The number of carbonyl (C=O) groups is 2. The molecule has 25 heavy (non-hydrogen) atoms. The highest BCUT2D eigenvalue weighted by molar-refractivity contribution is 8.00. The van der Waals surface area contributed by atoms with Crippen LogP contribution < -0.4 is 10.6 Å². The van der Waals surface area contributed by atoms with Crippen LogP contribution in [-0.4, -0.2) is 53.5 Å². The first-order valence-corrected chi connectivity index (χ1v) is 11.0. The zero-order valence-electron chi connectivity index (χ0n) is 15.6. The third-order valence-electron chi connectivity index (χ3n) is 5.44. The molecule has 0 radical (unpaired) electrons. The Kier molecular flexibility index (Phi) is 6.67. The summed E-state index contributed by atoms with van der Waals surface area (Å²) in [5.74, 6) is 2.97. The molecule has 0 aromatic rings. The molecule has 3 aliphatic rings. The van der Waals surface area contributed by atoms with Gasteiger partial charge in [0.25, 0.3) is 0 Å². The van der Waals surface area contributed by atoms with Gasteiger partial charge in [-0.3, -0.25) is 9.59 Å². The Balaban J connectivity index is 1.38. The van der Waals surface area contributed by atoms with Crippen molar-refractivity contribution in [1.82, 2.24) is 15.5 Å². The second-order valence-corrected chi connectivity index (χ2v) is 9.49. The van der Waals surface area contributed by atoms with Gasteiger partial charge in [-0.05, 0) is 38.0 Å². The summed E-state index contributed by atoms with van der Waals surface area (Å²) in [4.78, 5) is 26.1. The van der Waals surface area contributed by atoms with Crippen molar-refractivity contribution in [2.45, 2.75) is 63.8 Å². The lowest BCUT2D eigenvalue weighted by molar-refractivity contribution is -0.133. The van der Waals surface area contributed by atoms with Crippen molar-refractivity contribution < 1.29 is 9.59 Å². The topological polar surface area (TPSA) is 61.4 Å². The molecule has 5 nitrogen and oxygen atoms in total. The van der Waals surface area contributed by atoms with Crippen molar-refractivity contribution in [2.75, 3.05) is 25.4 Å². The average Bonchev–Trinajstić information content (AvgIpc) is 3.33. The van der Waals surface area contributed by atoms with Gasteiger partial charge in [-0.15, -0.1) is 11.8 Å². The highest BCUT2D eigenvalue weighted by atomic mass is 32.2. The van der Waals surface area contributed by atoms with E-state index in [-0.39, 0.29) is 5.91 Å². The monoisotopic (exact) mass is 367 g/mol. The van der Waals surface area contributed by atoms with Gasteiger partial charge in [-0.2, -0.15) is 0 Å². The fourth-order valence-corrected chi connectivity index (χ4v) is 5.29. The fraction of sp³-hybridized carbons (Fsp3) is 0.895. The van der Waals surface area contributed by atoms with Crippen LogP contribution in [0.2, 0.25) is 0 Å². The minimum absolute atomic E-state index is 0.244. The fourth-order valence-electron chi connectivity index (χ4n) is 3.81. The Morgan fingerprint density at radius 1 is 1.28 bits per heavy atom. The van der Waals surface area contributed by atoms with Crippen molar-refractivity contribution in [3.05, 3.63) is 0 Å². The molecule has 0 aromatic carbocycles. The Morgan fingerprint density at radius 2 is 2.08 bits per heavy atom. The second kappa shape index (κ2) is 8.76. The van der Waals surface area contributed by atoms with Crippen LogP contribution in [0.4, 0.5) is 0 Å². The predicted molar refractivity (Wildman–Crippen MR) is 102 cm³/mol. The van der Waals surface area contributed by atoms with Crippen molar-refractivity contribution in [1.29, 1.82) is 0 Å². The SMILES string of the molecule is CC(C)CC(=O)N1CCCC(C2NC(CCNC(=O)C3CC3)CS2)C1. The third-order valence-corrected chi connectivity index (χ3v) is 6.91. The first-order valence-electron chi connectivity index (χ1n) is 9.96. The Bertz CT molecular complexity index is 481. The maximum Gasteiger partial charge on any atom is 0.223 e. The first kappa shape index (κ1) is 19.0. The van der Waals surface area contributed by atoms with Crippen molar-refractivity contribution in [3.8, 4) is 0 Å². The molecule has 3 fully saturated rings. The van der Waals surface area contributed by atoms with Gasteiger partial charge in [0, 0.05) is 49.7 Å². The lowest BCUT2D eigenvalue weighted by Gasteiger charge is -2.36. The Morgan fingerprint density at radius 3 is 2.80 bits per heavy atom. The summed E-state index contributed by atoms with van der Waals surface area (Å²) in [5.41, 5.74) is 0. The number of hydrogen-bond acceptors (Lipinski definition) is 4. The van der Waals surface area contributed by atoms with Gasteiger partial charge < -0.3 is 15.5 Å². The van der Waals surface area contributed by atoms with Crippen LogP contribution in [0.15, 0.2) is 0 Å². The molecule has 2 saturated heterocycles. The number of rotatable bonds is 7. The number of likely N-dealkylation sites (tertiary alicyclic amines) is 1. The van der Waals surface area contributed by atoms with Crippen LogP contribution in [0, 0.1) is 17.8 Å². The van der Waals surface area contributed by atoms with Gasteiger partial charge in [0.05, 0.1) is 5.37 Å². The summed E-state index contributed by atoms with van der Waals surface area (Å²) in [6.45, 7) is 6.84. The Hall–Kier alpha value is -0.750. The predicted octanol–water partition coefficient (Wildman–Crippen LogP) is 2.22. The van der Waals surface area contributed by atoms with E-state index in [1.54, 1.807) is 0 Å². The first-order chi connectivity index (χ1) is 12.0. The molecule has 6 heteroatoms. The molecule has 3 atom stereocenters. The number of piperidine rings is 1. The number of hydrogen-bond donors (Lipinski definition) is 2. The quantitative estimate of drug-likeness (QED) is 0.724. The van der Waals surface area contributed by atoms with Gasteiger partial charge in [-0.25, -0.2) is 0 Å². The van der Waals surface area contributed by atoms with E-state index < -0.39 is 0 Å². The number of nitrogens with zero attached hydrogens (tertiary/aromatic N) is 1. The van der Waals surface area contributed by atoms with Crippen LogP contribution in [0.1, 0.15) is 52.4 Å². The van der Waals surface area contributed by atoms with Gasteiger partial charge >= 0.3 is 0 Å². The molecule has 1 saturated carbocycles. The van der Waals surface area contributed by atoms with Crippen LogP contribution in [-0.2, 0) is 9.59 Å². The van der Waals surface area contributed by atoms with Crippen molar-refractivity contribution in [2.24, 2.45) is 17.8 Å². The summed E-state index contributed by atoms with van der Waals surface area (Å²) < 4.78 is 0. The van der Waals surface area contributed by atoms with Crippen molar-refractivity contribution >= 4 is 23.6 Å². The van der Waals surface area contributed by atoms with Crippen molar-refractivity contribution in [3.63, 3.8) is 0 Å². The van der Waals surface area contributed by atoms with E-state index in [0.717, 1.165) is 51.1 Å². The summed E-state index contributed by atoms with van der Waals surface area (Å²) in [6.07, 6.45) is 6.14. The molecule has 2 N–H and O–H groups in total. The van der Waals surface area contributed by atoms with Crippen LogP contribution in [0.3, 0.4) is 0 Å². The van der Waals surface area contributed by atoms with E-state index in [1.165, 1.54) is 6.42 Å². The molecule has 3 unspecified atom stereocenters. The zero-order chi connectivity index (χ0) is 17.8. The summed E-state index contributed by atoms with van der Waals surface area (Å²) in [6, 6.07) is 0.483. The molecule has 0 aromatic heterocycles. The van der Waals surface area contributed by atoms with E-state index >= 15 is 0 Å². The third kappa shape index (κ3) is 5.61. The molecule has 2 aliphatic heterocycles. The average molecular weight is 368 g/mol. The molecule has 2 heterocycles. The van der Waals surface area contributed by atoms with Crippen LogP contribution >= 0.6 is 11.8 Å². The molecular weight excluding hydrogens is 334 g/mol. The van der Waals surface area contributed by atoms with Crippen LogP contribution in [0.25, 0.3) is 0 Å². The number of nitrogens with one attached hydrogen (secondary N) is 2. The Labute approximate surface area is 156 Å². The zero-order valence-corrected chi connectivity index (χ0v) is 16.4. The lowest BCUT2D eigenvalue weighted by atomic mass is 9.96. The highest BCUT2D eigenvalue weighted by Crippen LogP contribution is 2.32. The molecule has 142 valence electrons. The lowest BCUT2D eigenvalue weighted by Crippen LogP contribution is -2.46. The maximum atomic E-state index is 12.4. The van der Waals surface area contributed by atoms with Gasteiger partial charge in [0.1, 0.15) is 0 Å². The van der Waals surface area contributed by atoms with Crippen LogP contribution in [0.5, 0.6) is 0 Å². The van der Waals surface area contributed by atoms with E-state index in [4.69, 9.17) is 0 Å². The largest absolute Gasteiger partial charge is 0.356 e. The molecule has 0 bridgehead atoms. The summed E-state index contributed by atoms with van der Waals surface area (Å²) >= 11 is 2.00. The highest BCUT2D eigenvalue weighted by Gasteiger charge is 2.35. The molecule has 1 aliphatic carbocycles. The smallest absolute Gasteiger partial charge is 0.223 e.